The highest BCUT2D eigenvalue weighted by Gasteiger charge is 2.65. The van der Waals surface area contributed by atoms with E-state index in [2.05, 4.69) is 159 Å². The highest BCUT2D eigenvalue weighted by molar-refractivity contribution is 6.84. The number of aliphatic hydroxyl groups is 2. The summed E-state index contributed by atoms with van der Waals surface area (Å²) in [6, 6.07) is 34.6. The molecule has 2 nitrogen and oxygen atoms in total. The van der Waals surface area contributed by atoms with Gasteiger partial charge in [-0.25, -0.2) is 0 Å². The van der Waals surface area contributed by atoms with Crippen molar-refractivity contribution < 1.29 is 10.2 Å². The zero-order valence-electron chi connectivity index (χ0n) is 28.4. The van der Waals surface area contributed by atoms with Crippen molar-refractivity contribution in [1.29, 1.82) is 0 Å². The molecule has 0 aliphatic heterocycles. The van der Waals surface area contributed by atoms with Crippen LogP contribution in [0.2, 0.25) is 39.3 Å². The van der Waals surface area contributed by atoms with Crippen LogP contribution in [0.4, 0.5) is 0 Å². The third-order valence-corrected chi connectivity index (χ3v) is 12.8. The normalized spacial score (nSPS) is 28.5. The van der Waals surface area contributed by atoms with Gasteiger partial charge in [-0.1, -0.05) is 148 Å². The van der Waals surface area contributed by atoms with Crippen LogP contribution in [0.1, 0.15) is 68.2 Å². The van der Waals surface area contributed by atoms with E-state index in [1.807, 2.05) is 0 Å². The minimum Gasteiger partial charge on any atom is -0.370 e. The van der Waals surface area contributed by atoms with Gasteiger partial charge in [-0.3, -0.25) is 0 Å². The predicted molar refractivity (Wildman–Crippen MR) is 199 cm³/mol. The molecule has 0 fully saturated rings. The molecule has 7 aliphatic carbocycles. The summed E-state index contributed by atoms with van der Waals surface area (Å²) in [7, 11) is -3.91. The molecule has 0 atom stereocenters. The molecule has 0 unspecified atom stereocenters. The van der Waals surface area contributed by atoms with Gasteiger partial charge >= 0.3 is 0 Å². The second-order valence-electron chi connectivity index (χ2n) is 16.3. The quantitative estimate of drug-likeness (QED) is 0.113. The van der Waals surface area contributed by atoms with Crippen LogP contribution in [-0.4, -0.2) is 37.6 Å². The van der Waals surface area contributed by atoms with Gasteiger partial charge in [0.15, 0.2) is 11.2 Å². The fraction of sp³-hybridized carbons (Fsp3) is 0.273. The highest BCUT2D eigenvalue weighted by Crippen LogP contribution is 2.70. The smallest absolute Gasteiger partial charge is 0.170 e. The molecule has 4 aromatic rings. The minimum absolute atomic E-state index is 0.251. The zero-order chi connectivity index (χ0) is 33.4. The Morgan fingerprint density at radius 2 is 0.583 bits per heavy atom. The first kappa shape index (κ1) is 29.9. The number of hydrogen-bond acceptors (Lipinski definition) is 2. The molecule has 0 aromatic heterocycles. The second-order valence-corrected chi connectivity index (χ2v) is 25.8. The van der Waals surface area contributed by atoms with Crippen LogP contribution in [0.3, 0.4) is 0 Å². The summed E-state index contributed by atoms with van der Waals surface area (Å²) < 4.78 is 0. The van der Waals surface area contributed by atoms with E-state index in [0.717, 1.165) is 22.3 Å². The zero-order valence-corrected chi connectivity index (χ0v) is 30.4. The van der Waals surface area contributed by atoms with Gasteiger partial charge in [0.2, 0.25) is 0 Å². The number of benzene rings is 4. The molecule has 4 bridgehead atoms. The number of hydrogen-bond donors (Lipinski definition) is 2. The summed E-state index contributed by atoms with van der Waals surface area (Å²) in [4.78, 5) is 0. The minimum atomic E-state index is -1.96. The topological polar surface area (TPSA) is 40.5 Å². The Labute approximate surface area is 286 Å². The largest absolute Gasteiger partial charge is 0.370 e. The summed E-state index contributed by atoms with van der Waals surface area (Å²) in [5, 5.41) is 27.8. The molecular formula is C44H40O2Si2. The summed E-state index contributed by atoms with van der Waals surface area (Å²) in [5.41, 5.74) is 17.0. The van der Waals surface area contributed by atoms with E-state index in [1.54, 1.807) is 0 Å². The maximum atomic E-state index is 13.9. The van der Waals surface area contributed by atoms with Crippen molar-refractivity contribution in [3.63, 3.8) is 0 Å². The van der Waals surface area contributed by atoms with Crippen molar-refractivity contribution in [2.75, 3.05) is 0 Å². The average molecular weight is 657 g/mol. The van der Waals surface area contributed by atoms with Gasteiger partial charge in [0.25, 0.3) is 0 Å². The van der Waals surface area contributed by atoms with Gasteiger partial charge in [-0.05, 0) is 66.8 Å². The van der Waals surface area contributed by atoms with E-state index in [-0.39, 0.29) is 23.7 Å². The van der Waals surface area contributed by atoms with Crippen molar-refractivity contribution in [3.8, 4) is 22.9 Å². The Kier molecular flexibility index (Phi) is 6.06. The Morgan fingerprint density at radius 1 is 0.396 bits per heavy atom. The molecule has 0 radical (unpaired) electrons. The monoisotopic (exact) mass is 656 g/mol. The Hall–Kier alpha value is -4.17. The Balaban J connectivity index is 1.48. The van der Waals surface area contributed by atoms with Gasteiger partial charge in [0.1, 0.15) is 16.1 Å². The maximum Gasteiger partial charge on any atom is 0.170 e. The fourth-order valence-corrected chi connectivity index (χ4v) is 10.5. The second kappa shape index (κ2) is 9.72. The molecular weight excluding hydrogens is 617 g/mol. The van der Waals surface area contributed by atoms with E-state index in [0.29, 0.717) is 0 Å². The summed E-state index contributed by atoms with van der Waals surface area (Å²) >= 11 is 0. The standard InChI is InChI=1S/C44H40O2Si2/c1-47(2,3)25-23-43(45)39-35-27-15-7-11-19-31(27)37(32-20-12-8-16-28(32)35)41(39)44(46,24-26-48(4,5)6)42-38-33-21-13-9-17-29(33)36(40(42)43)30-18-10-14-22-34(30)38/h7-22,35-38,45-46H,1-6H3. The average Bonchev–Trinajstić information content (AvgIpc) is 3.08. The van der Waals surface area contributed by atoms with Gasteiger partial charge in [0, 0.05) is 23.7 Å². The molecule has 0 saturated heterocycles. The molecule has 4 heteroatoms. The third-order valence-electron chi connectivity index (χ3n) is 11.0. The molecule has 2 N–H and O–H groups in total. The summed E-state index contributed by atoms with van der Waals surface area (Å²) in [5.74, 6) is 6.28. The van der Waals surface area contributed by atoms with Crippen molar-refractivity contribution in [3.05, 3.63) is 164 Å². The lowest BCUT2D eigenvalue weighted by molar-refractivity contribution is 0.107. The van der Waals surface area contributed by atoms with Crippen molar-refractivity contribution in [2.45, 2.75) is 74.2 Å². The van der Waals surface area contributed by atoms with E-state index >= 15 is 0 Å². The van der Waals surface area contributed by atoms with Gasteiger partial charge in [0.05, 0.1) is 0 Å². The first-order chi connectivity index (χ1) is 22.8. The molecule has 0 heterocycles. The van der Waals surface area contributed by atoms with Crippen LogP contribution >= 0.6 is 0 Å². The maximum absolute atomic E-state index is 13.9. The van der Waals surface area contributed by atoms with Crippen LogP contribution in [0.5, 0.6) is 0 Å². The molecule has 4 aromatic carbocycles. The number of rotatable bonds is 0. The molecule has 0 spiro atoms. The van der Waals surface area contributed by atoms with Gasteiger partial charge < -0.3 is 10.2 Å². The van der Waals surface area contributed by atoms with Gasteiger partial charge in [-0.15, -0.1) is 11.1 Å². The lowest BCUT2D eigenvalue weighted by Gasteiger charge is -2.59. The highest BCUT2D eigenvalue weighted by atomic mass is 28.3. The molecule has 7 aliphatic rings. The summed E-state index contributed by atoms with van der Waals surface area (Å²) in [6.07, 6.45) is 0. The van der Waals surface area contributed by atoms with Crippen LogP contribution in [0.25, 0.3) is 0 Å². The molecule has 0 amide bonds. The third kappa shape index (κ3) is 3.89. The fourth-order valence-electron chi connectivity index (χ4n) is 9.41. The van der Waals surface area contributed by atoms with Crippen LogP contribution < -0.4 is 0 Å². The lowest BCUT2D eigenvalue weighted by Crippen LogP contribution is -2.57. The van der Waals surface area contributed by atoms with Crippen LogP contribution in [0, 0.1) is 22.9 Å². The van der Waals surface area contributed by atoms with Crippen molar-refractivity contribution >= 4 is 16.1 Å². The van der Waals surface area contributed by atoms with E-state index in [4.69, 9.17) is 0 Å². The molecule has 48 heavy (non-hydrogen) atoms. The summed E-state index contributed by atoms with van der Waals surface area (Å²) in [6.45, 7) is 13.4. The Bertz CT molecular complexity index is 1910. The molecule has 236 valence electrons. The molecule has 11 rings (SSSR count). The Morgan fingerprint density at radius 3 is 0.750 bits per heavy atom. The first-order valence-corrected chi connectivity index (χ1v) is 24.2. The molecule has 0 saturated carbocycles. The first-order valence-electron chi connectivity index (χ1n) is 17.2. The predicted octanol–water partition coefficient (Wildman–Crippen LogP) is 8.40. The van der Waals surface area contributed by atoms with Crippen LogP contribution in [0.15, 0.2) is 119 Å². The van der Waals surface area contributed by atoms with E-state index in [1.165, 1.54) is 44.5 Å². The van der Waals surface area contributed by atoms with E-state index in [9.17, 15) is 10.2 Å². The van der Waals surface area contributed by atoms with Crippen molar-refractivity contribution in [2.24, 2.45) is 0 Å². The van der Waals surface area contributed by atoms with Crippen LogP contribution in [-0.2, 0) is 0 Å². The van der Waals surface area contributed by atoms with Gasteiger partial charge in [-0.2, -0.15) is 0 Å². The van der Waals surface area contributed by atoms with Crippen molar-refractivity contribution in [1.82, 2.24) is 0 Å². The van der Waals surface area contributed by atoms with E-state index < -0.39 is 27.3 Å². The SMILES string of the molecule is C[Si](C)(C)C#CC1(O)C2=C(C3c4ccccc4C2c2ccccc23)C(O)(C#C[Si](C)(C)C)C2=C1C1c3ccccc3C2c2ccccc21. The lowest BCUT2D eigenvalue weighted by atomic mass is 9.45.